The minimum absolute atomic E-state index is 0.241. The number of aryl methyl sites for hydroxylation is 1. The topological polar surface area (TPSA) is 0 Å². The summed E-state index contributed by atoms with van der Waals surface area (Å²) in [5, 5.41) is 0. The molecule has 0 N–H and O–H groups in total. The monoisotopic (exact) mass is 120 g/mol. The van der Waals surface area contributed by atoms with Gasteiger partial charge in [0.15, 0.2) is 0 Å². The Morgan fingerprint density at radius 1 is 1.44 bits per heavy atom. The van der Waals surface area contributed by atoms with E-state index in [9.17, 15) is 4.39 Å². The lowest BCUT2D eigenvalue weighted by atomic mass is 9.95. The van der Waals surface area contributed by atoms with Crippen molar-refractivity contribution in [2.75, 3.05) is 0 Å². The minimum Gasteiger partial charge on any atom is -0.207 e. The van der Waals surface area contributed by atoms with E-state index >= 15 is 0 Å². The molecule has 0 saturated carbocycles. The smallest absolute Gasteiger partial charge is 0.125 e. The van der Waals surface area contributed by atoms with E-state index in [4.69, 9.17) is 7.85 Å². The zero-order valence-electron chi connectivity index (χ0n) is 5.19. The van der Waals surface area contributed by atoms with Crippen LogP contribution in [0.15, 0.2) is 18.2 Å². The van der Waals surface area contributed by atoms with Gasteiger partial charge in [0.25, 0.3) is 0 Å². The molecule has 0 spiro atoms. The third-order valence-corrected chi connectivity index (χ3v) is 1.20. The van der Waals surface area contributed by atoms with Crippen molar-refractivity contribution in [3.05, 3.63) is 29.6 Å². The van der Waals surface area contributed by atoms with Crippen molar-refractivity contribution >= 4 is 13.3 Å². The average Bonchev–Trinajstić information content (AvgIpc) is 1.80. The molecule has 0 aromatic heterocycles. The van der Waals surface area contributed by atoms with Crippen molar-refractivity contribution in [1.29, 1.82) is 0 Å². The Morgan fingerprint density at radius 3 is 2.56 bits per heavy atom. The van der Waals surface area contributed by atoms with Crippen molar-refractivity contribution in [2.45, 2.75) is 6.92 Å². The molecule has 2 radical (unpaired) electrons. The molecular formula is C7H6BF. The van der Waals surface area contributed by atoms with E-state index < -0.39 is 0 Å². The van der Waals surface area contributed by atoms with Gasteiger partial charge in [-0.15, -0.1) is 0 Å². The molecule has 0 aliphatic heterocycles. The number of hydrogen-bond donors (Lipinski definition) is 0. The van der Waals surface area contributed by atoms with Crippen LogP contribution in [0.25, 0.3) is 0 Å². The van der Waals surface area contributed by atoms with Gasteiger partial charge in [0.05, 0.1) is 0 Å². The summed E-state index contributed by atoms with van der Waals surface area (Å²) in [6.45, 7) is 1.70. The van der Waals surface area contributed by atoms with Crippen molar-refractivity contribution < 1.29 is 4.39 Å². The van der Waals surface area contributed by atoms with Gasteiger partial charge in [-0.3, -0.25) is 0 Å². The van der Waals surface area contributed by atoms with Crippen LogP contribution in [0, 0.1) is 12.7 Å². The molecule has 2 heteroatoms. The SMILES string of the molecule is [B]c1ccc(C)c(F)c1. The van der Waals surface area contributed by atoms with Gasteiger partial charge < -0.3 is 0 Å². The zero-order chi connectivity index (χ0) is 6.85. The number of hydrogen-bond acceptors (Lipinski definition) is 0. The second-order valence-corrected chi connectivity index (χ2v) is 2.01. The van der Waals surface area contributed by atoms with Crippen LogP contribution in [-0.2, 0) is 0 Å². The molecule has 0 fully saturated rings. The Balaban J connectivity index is 3.17. The van der Waals surface area contributed by atoms with E-state index in [0.29, 0.717) is 11.0 Å². The van der Waals surface area contributed by atoms with E-state index in [2.05, 4.69) is 0 Å². The highest BCUT2D eigenvalue weighted by Crippen LogP contribution is 2.00. The Kier molecular flexibility index (Phi) is 1.56. The van der Waals surface area contributed by atoms with Crippen LogP contribution in [0.5, 0.6) is 0 Å². The van der Waals surface area contributed by atoms with Gasteiger partial charge in [-0.05, 0) is 18.6 Å². The van der Waals surface area contributed by atoms with Gasteiger partial charge in [0.2, 0.25) is 0 Å². The Labute approximate surface area is 55.1 Å². The lowest BCUT2D eigenvalue weighted by Gasteiger charge is -1.95. The van der Waals surface area contributed by atoms with Gasteiger partial charge in [-0.25, -0.2) is 4.39 Å². The fourth-order valence-electron chi connectivity index (χ4n) is 0.609. The van der Waals surface area contributed by atoms with E-state index in [0.717, 1.165) is 0 Å². The highest BCUT2D eigenvalue weighted by molar-refractivity contribution is 6.32. The van der Waals surface area contributed by atoms with Crippen LogP contribution in [-0.4, -0.2) is 7.85 Å². The van der Waals surface area contributed by atoms with E-state index in [-0.39, 0.29) is 5.82 Å². The fourth-order valence-corrected chi connectivity index (χ4v) is 0.609. The summed E-state index contributed by atoms with van der Waals surface area (Å²) in [7, 11) is 5.29. The lowest BCUT2D eigenvalue weighted by molar-refractivity contribution is 0.619. The summed E-state index contributed by atoms with van der Waals surface area (Å²) in [6, 6.07) is 4.65. The molecule has 0 nitrogen and oxygen atoms in total. The minimum atomic E-state index is -0.241. The van der Waals surface area contributed by atoms with E-state index in [1.165, 1.54) is 6.07 Å². The normalized spacial score (nSPS) is 9.56. The summed E-state index contributed by atoms with van der Waals surface area (Å²) in [4.78, 5) is 0. The van der Waals surface area contributed by atoms with Crippen LogP contribution in [0.3, 0.4) is 0 Å². The van der Waals surface area contributed by atoms with Gasteiger partial charge in [0, 0.05) is 0 Å². The second-order valence-electron chi connectivity index (χ2n) is 2.01. The average molecular weight is 120 g/mol. The van der Waals surface area contributed by atoms with E-state index in [1.807, 2.05) is 0 Å². The quantitative estimate of drug-likeness (QED) is 0.446. The maximum absolute atomic E-state index is 12.5. The summed E-state index contributed by atoms with van der Waals surface area (Å²) >= 11 is 0. The van der Waals surface area contributed by atoms with Crippen LogP contribution < -0.4 is 5.46 Å². The molecule has 1 rings (SSSR count). The maximum atomic E-state index is 12.5. The molecule has 9 heavy (non-hydrogen) atoms. The predicted molar refractivity (Wildman–Crippen MR) is 36.5 cm³/mol. The number of rotatable bonds is 0. The van der Waals surface area contributed by atoms with Gasteiger partial charge >= 0.3 is 0 Å². The molecule has 0 saturated heterocycles. The van der Waals surface area contributed by atoms with Crippen LogP contribution in [0.4, 0.5) is 4.39 Å². The molecule has 0 atom stereocenters. The number of halogens is 1. The first-order valence-electron chi connectivity index (χ1n) is 2.72. The molecule has 0 aliphatic carbocycles. The summed E-state index contributed by atoms with van der Waals surface area (Å²) < 4.78 is 12.5. The summed E-state index contributed by atoms with van der Waals surface area (Å²) in [5.74, 6) is -0.241. The fraction of sp³-hybridized carbons (Fsp3) is 0.143. The van der Waals surface area contributed by atoms with Crippen molar-refractivity contribution in [3.63, 3.8) is 0 Å². The number of benzene rings is 1. The Bertz CT molecular complexity index is 220. The van der Waals surface area contributed by atoms with Gasteiger partial charge in [-0.1, -0.05) is 17.6 Å². The zero-order valence-corrected chi connectivity index (χ0v) is 5.19. The standard InChI is InChI=1S/C7H6BF/c1-5-2-3-6(8)4-7(5)9/h2-4H,1H3. The molecule has 0 amide bonds. The third kappa shape index (κ3) is 1.32. The van der Waals surface area contributed by atoms with Crippen molar-refractivity contribution in [2.24, 2.45) is 0 Å². The molecule has 1 aromatic carbocycles. The van der Waals surface area contributed by atoms with Gasteiger partial charge in [-0.2, -0.15) is 0 Å². The van der Waals surface area contributed by atoms with Crippen LogP contribution >= 0.6 is 0 Å². The molecule has 1 aromatic rings. The molecular weight excluding hydrogens is 114 g/mol. The first-order valence-corrected chi connectivity index (χ1v) is 2.72. The molecule has 0 heterocycles. The Hall–Kier alpha value is -0.785. The van der Waals surface area contributed by atoms with Gasteiger partial charge in [0.1, 0.15) is 13.7 Å². The van der Waals surface area contributed by atoms with Crippen molar-refractivity contribution in [3.8, 4) is 0 Å². The molecule has 44 valence electrons. The lowest BCUT2D eigenvalue weighted by Crippen LogP contribution is -2.02. The summed E-state index contributed by atoms with van der Waals surface area (Å²) in [5.41, 5.74) is 1.10. The Morgan fingerprint density at radius 2 is 2.11 bits per heavy atom. The first kappa shape index (κ1) is 6.34. The molecule has 0 unspecified atom stereocenters. The van der Waals surface area contributed by atoms with E-state index in [1.54, 1.807) is 19.1 Å². The maximum Gasteiger partial charge on any atom is 0.125 e. The van der Waals surface area contributed by atoms with Crippen LogP contribution in [0.2, 0.25) is 0 Å². The highest BCUT2D eigenvalue weighted by Gasteiger charge is 1.92. The third-order valence-electron chi connectivity index (χ3n) is 1.20. The highest BCUT2D eigenvalue weighted by atomic mass is 19.1. The van der Waals surface area contributed by atoms with Crippen LogP contribution in [0.1, 0.15) is 5.56 Å². The molecule has 0 aliphatic rings. The van der Waals surface area contributed by atoms with Crippen molar-refractivity contribution in [1.82, 2.24) is 0 Å². The predicted octanol–water partition coefficient (Wildman–Crippen LogP) is 0.928. The first-order chi connectivity index (χ1) is 4.20. The molecule has 0 bridgehead atoms. The summed E-state index contributed by atoms with van der Waals surface area (Å²) in [6.07, 6.45) is 0. The second kappa shape index (κ2) is 2.22. The largest absolute Gasteiger partial charge is 0.207 e.